The number of anilines is 1. The number of para-hydroxylation sites is 1. The van der Waals surface area contributed by atoms with Gasteiger partial charge in [-0.25, -0.2) is 4.98 Å². The van der Waals surface area contributed by atoms with Crippen LogP contribution in [0.3, 0.4) is 0 Å². The number of hydrogen-bond acceptors (Lipinski definition) is 5. The van der Waals surface area contributed by atoms with Gasteiger partial charge < -0.3 is 16.4 Å². The van der Waals surface area contributed by atoms with Crippen molar-refractivity contribution in [1.82, 2.24) is 10.3 Å². The first-order valence-corrected chi connectivity index (χ1v) is 7.86. The van der Waals surface area contributed by atoms with Gasteiger partial charge in [0.1, 0.15) is 5.69 Å². The van der Waals surface area contributed by atoms with Crippen molar-refractivity contribution >= 4 is 41.2 Å². The van der Waals surface area contributed by atoms with Crippen LogP contribution in [0.25, 0.3) is 0 Å². The molecule has 2 amide bonds. The van der Waals surface area contributed by atoms with Crippen LogP contribution in [0.2, 0.25) is 0 Å². The molecule has 0 spiro atoms. The topological polar surface area (TPSA) is 97.1 Å². The summed E-state index contributed by atoms with van der Waals surface area (Å²) >= 11 is 1.40. The maximum absolute atomic E-state index is 12.2. The standard InChI is InChI=1S/C15H18N4O2S.ClH/c1-2-17-14(20)10-5-3-4-6-11(10)19-15(21)12-9-22-13(18-12)7-8-16;/h3-6,9H,2,7-8,16H2,1H3,(H,17,20)(H,19,21);1H. The first-order chi connectivity index (χ1) is 10.7. The molecule has 2 aromatic rings. The van der Waals surface area contributed by atoms with E-state index in [0.717, 1.165) is 5.01 Å². The minimum Gasteiger partial charge on any atom is -0.352 e. The Morgan fingerprint density at radius 1 is 1.26 bits per heavy atom. The first-order valence-electron chi connectivity index (χ1n) is 6.98. The second-order valence-electron chi connectivity index (χ2n) is 4.52. The quantitative estimate of drug-likeness (QED) is 0.739. The number of nitrogens with one attached hydrogen (secondary N) is 2. The number of halogens is 1. The highest BCUT2D eigenvalue weighted by molar-refractivity contribution is 7.09. The number of thiazole rings is 1. The first kappa shape index (κ1) is 19.1. The van der Waals surface area contributed by atoms with Gasteiger partial charge in [-0.05, 0) is 25.6 Å². The summed E-state index contributed by atoms with van der Waals surface area (Å²) in [4.78, 5) is 28.5. The molecule has 1 aromatic carbocycles. The van der Waals surface area contributed by atoms with E-state index in [1.54, 1.807) is 29.6 Å². The Hall–Kier alpha value is -1.96. The number of benzene rings is 1. The molecule has 6 nitrogen and oxygen atoms in total. The fourth-order valence-electron chi connectivity index (χ4n) is 1.89. The Labute approximate surface area is 144 Å². The SMILES string of the molecule is CCNC(=O)c1ccccc1NC(=O)c1csc(CCN)n1.Cl. The number of hydrogen-bond donors (Lipinski definition) is 3. The number of carbonyl (C=O) groups excluding carboxylic acids is 2. The average Bonchev–Trinajstić information content (AvgIpc) is 2.97. The molecule has 2 rings (SSSR count). The predicted octanol–water partition coefficient (Wildman–Crippen LogP) is 2.07. The summed E-state index contributed by atoms with van der Waals surface area (Å²) in [5.41, 5.74) is 6.70. The Bertz CT molecular complexity index is 675. The van der Waals surface area contributed by atoms with Crippen LogP contribution in [0.15, 0.2) is 29.6 Å². The molecular formula is C15H19ClN4O2S. The van der Waals surface area contributed by atoms with Crippen LogP contribution in [0.5, 0.6) is 0 Å². The van der Waals surface area contributed by atoms with Crippen LogP contribution in [-0.2, 0) is 6.42 Å². The van der Waals surface area contributed by atoms with Gasteiger partial charge in [-0.15, -0.1) is 23.7 Å². The van der Waals surface area contributed by atoms with Crippen molar-refractivity contribution in [2.45, 2.75) is 13.3 Å². The fourth-order valence-corrected chi connectivity index (χ4v) is 2.68. The van der Waals surface area contributed by atoms with Gasteiger partial charge in [0.15, 0.2) is 0 Å². The number of aromatic nitrogens is 1. The lowest BCUT2D eigenvalue weighted by Crippen LogP contribution is -2.24. The van der Waals surface area contributed by atoms with E-state index in [9.17, 15) is 9.59 Å². The van der Waals surface area contributed by atoms with E-state index in [1.165, 1.54) is 11.3 Å². The molecule has 0 unspecified atom stereocenters. The van der Waals surface area contributed by atoms with Gasteiger partial charge >= 0.3 is 0 Å². The second kappa shape index (κ2) is 9.24. The zero-order valence-electron chi connectivity index (χ0n) is 12.7. The molecular weight excluding hydrogens is 336 g/mol. The van der Waals surface area contributed by atoms with Gasteiger partial charge in [0, 0.05) is 18.3 Å². The summed E-state index contributed by atoms with van der Waals surface area (Å²) in [7, 11) is 0. The van der Waals surface area contributed by atoms with E-state index in [2.05, 4.69) is 15.6 Å². The maximum atomic E-state index is 12.2. The number of amides is 2. The smallest absolute Gasteiger partial charge is 0.275 e. The number of nitrogens with zero attached hydrogens (tertiary/aromatic N) is 1. The molecule has 0 radical (unpaired) electrons. The van der Waals surface area contributed by atoms with E-state index in [0.29, 0.717) is 36.5 Å². The van der Waals surface area contributed by atoms with Gasteiger partial charge in [0.25, 0.3) is 11.8 Å². The summed E-state index contributed by atoms with van der Waals surface area (Å²) in [5.74, 6) is -0.559. The molecule has 0 saturated carbocycles. The summed E-state index contributed by atoms with van der Waals surface area (Å²) in [5, 5.41) is 7.97. The van der Waals surface area contributed by atoms with Crippen molar-refractivity contribution in [2.75, 3.05) is 18.4 Å². The average molecular weight is 355 g/mol. The van der Waals surface area contributed by atoms with Crippen LogP contribution < -0.4 is 16.4 Å². The zero-order valence-corrected chi connectivity index (χ0v) is 14.3. The van der Waals surface area contributed by atoms with Crippen molar-refractivity contribution < 1.29 is 9.59 Å². The minimum absolute atomic E-state index is 0. The molecule has 0 aliphatic rings. The monoisotopic (exact) mass is 354 g/mol. The van der Waals surface area contributed by atoms with Gasteiger partial charge in [-0.2, -0.15) is 0 Å². The number of carbonyl (C=O) groups is 2. The van der Waals surface area contributed by atoms with E-state index in [1.807, 2.05) is 6.92 Å². The lowest BCUT2D eigenvalue weighted by molar-refractivity contribution is 0.0956. The summed E-state index contributed by atoms with van der Waals surface area (Å²) in [6.45, 7) is 2.86. The molecule has 0 saturated heterocycles. The third-order valence-corrected chi connectivity index (χ3v) is 3.81. The third-order valence-electron chi connectivity index (χ3n) is 2.90. The Kier molecular flexibility index (Phi) is 7.67. The molecule has 0 fully saturated rings. The Balaban J connectivity index is 0.00000264. The van der Waals surface area contributed by atoms with E-state index in [4.69, 9.17) is 5.73 Å². The van der Waals surface area contributed by atoms with E-state index < -0.39 is 0 Å². The highest BCUT2D eigenvalue weighted by Crippen LogP contribution is 2.17. The molecule has 0 aliphatic carbocycles. The van der Waals surface area contributed by atoms with Crippen LogP contribution in [-0.4, -0.2) is 29.9 Å². The lowest BCUT2D eigenvalue weighted by Gasteiger charge is -2.09. The molecule has 1 heterocycles. The van der Waals surface area contributed by atoms with Crippen molar-refractivity contribution in [3.05, 3.63) is 45.9 Å². The highest BCUT2D eigenvalue weighted by atomic mass is 35.5. The Morgan fingerprint density at radius 3 is 2.70 bits per heavy atom. The van der Waals surface area contributed by atoms with Crippen molar-refractivity contribution in [1.29, 1.82) is 0 Å². The highest BCUT2D eigenvalue weighted by Gasteiger charge is 2.15. The molecule has 0 atom stereocenters. The van der Waals surface area contributed by atoms with Crippen LogP contribution >= 0.6 is 23.7 Å². The van der Waals surface area contributed by atoms with Gasteiger partial charge in [-0.1, -0.05) is 12.1 Å². The lowest BCUT2D eigenvalue weighted by atomic mass is 10.1. The zero-order chi connectivity index (χ0) is 15.9. The molecule has 124 valence electrons. The summed E-state index contributed by atoms with van der Waals surface area (Å²) < 4.78 is 0. The molecule has 4 N–H and O–H groups in total. The Morgan fingerprint density at radius 2 is 2.00 bits per heavy atom. The van der Waals surface area contributed by atoms with Gasteiger partial charge in [-0.3, -0.25) is 9.59 Å². The molecule has 8 heteroatoms. The van der Waals surface area contributed by atoms with Crippen LogP contribution in [0.1, 0.15) is 32.8 Å². The fraction of sp³-hybridized carbons (Fsp3) is 0.267. The van der Waals surface area contributed by atoms with Crippen LogP contribution in [0.4, 0.5) is 5.69 Å². The van der Waals surface area contributed by atoms with Gasteiger partial charge in [0.05, 0.1) is 16.3 Å². The normalized spacial score (nSPS) is 9.83. The van der Waals surface area contributed by atoms with Crippen molar-refractivity contribution in [3.8, 4) is 0 Å². The molecule has 0 bridgehead atoms. The second-order valence-corrected chi connectivity index (χ2v) is 5.47. The maximum Gasteiger partial charge on any atom is 0.275 e. The number of rotatable bonds is 6. The molecule has 1 aromatic heterocycles. The molecule has 0 aliphatic heterocycles. The van der Waals surface area contributed by atoms with Crippen LogP contribution in [0, 0.1) is 0 Å². The number of nitrogens with two attached hydrogens (primary N) is 1. The largest absolute Gasteiger partial charge is 0.352 e. The summed E-state index contributed by atoms with van der Waals surface area (Å²) in [6.07, 6.45) is 0.646. The molecule has 23 heavy (non-hydrogen) atoms. The van der Waals surface area contributed by atoms with Crippen molar-refractivity contribution in [3.63, 3.8) is 0 Å². The van der Waals surface area contributed by atoms with Crippen molar-refractivity contribution in [2.24, 2.45) is 5.73 Å². The third kappa shape index (κ3) is 5.02. The minimum atomic E-state index is -0.337. The summed E-state index contributed by atoms with van der Waals surface area (Å²) in [6, 6.07) is 6.87. The van der Waals surface area contributed by atoms with E-state index in [-0.39, 0.29) is 24.2 Å². The van der Waals surface area contributed by atoms with E-state index >= 15 is 0 Å². The van der Waals surface area contributed by atoms with Gasteiger partial charge in [0.2, 0.25) is 0 Å². The predicted molar refractivity (Wildman–Crippen MR) is 94.5 cm³/mol.